The van der Waals surface area contributed by atoms with Crippen molar-refractivity contribution < 1.29 is 4.74 Å². The Morgan fingerprint density at radius 1 is 0.970 bits per heavy atom. The van der Waals surface area contributed by atoms with Gasteiger partial charge in [0.15, 0.2) is 0 Å². The number of morpholine rings is 1. The molecular weight excluding hydrogens is 436 g/mol. The van der Waals surface area contributed by atoms with Crippen molar-refractivity contribution >= 4 is 28.8 Å². The zero-order valence-electron chi connectivity index (χ0n) is 18.0. The molecule has 0 spiro atoms. The Labute approximate surface area is 196 Å². The number of pyridine rings is 1. The van der Waals surface area contributed by atoms with Crippen LogP contribution in [0.3, 0.4) is 0 Å². The van der Waals surface area contributed by atoms with Crippen LogP contribution < -0.4 is 15.8 Å². The van der Waals surface area contributed by atoms with E-state index in [4.69, 9.17) is 26.3 Å². The second-order valence-electron chi connectivity index (χ2n) is 8.14. The molecule has 0 aliphatic carbocycles. The van der Waals surface area contributed by atoms with Crippen LogP contribution in [0.15, 0.2) is 65.8 Å². The average molecular weight is 459 g/mol. The summed E-state index contributed by atoms with van der Waals surface area (Å²) in [5.74, 6) is 1.89. The SMILES string of the molecule is Clc1ccccc1-c1cc2cnc(=Nc3cccc(N4CCOCC4)c3)nc-2n2c1NCC2. The van der Waals surface area contributed by atoms with Crippen molar-refractivity contribution in [2.24, 2.45) is 4.99 Å². The van der Waals surface area contributed by atoms with Gasteiger partial charge in [0.05, 0.1) is 18.9 Å². The number of hydrogen-bond donors (Lipinski definition) is 1. The molecule has 33 heavy (non-hydrogen) atoms. The quantitative estimate of drug-likeness (QED) is 0.498. The van der Waals surface area contributed by atoms with Crippen molar-refractivity contribution in [2.45, 2.75) is 6.54 Å². The van der Waals surface area contributed by atoms with E-state index >= 15 is 0 Å². The summed E-state index contributed by atoms with van der Waals surface area (Å²) in [6, 6.07) is 18.2. The summed E-state index contributed by atoms with van der Waals surface area (Å²) < 4.78 is 7.66. The predicted octanol–water partition coefficient (Wildman–Crippen LogP) is 4.20. The van der Waals surface area contributed by atoms with E-state index in [1.54, 1.807) is 0 Å². The van der Waals surface area contributed by atoms with E-state index in [9.17, 15) is 0 Å². The highest BCUT2D eigenvalue weighted by Crippen LogP contribution is 2.39. The topological polar surface area (TPSA) is 67.6 Å². The Hall–Kier alpha value is -3.42. The number of hydrogen-bond acceptors (Lipinski definition) is 6. The maximum absolute atomic E-state index is 6.50. The van der Waals surface area contributed by atoms with Crippen molar-refractivity contribution in [1.29, 1.82) is 0 Å². The number of aromatic nitrogens is 3. The Morgan fingerprint density at radius 3 is 2.73 bits per heavy atom. The number of ether oxygens (including phenoxy) is 1. The highest BCUT2D eigenvalue weighted by atomic mass is 35.5. The zero-order chi connectivity index (χ0) is 22.2. The molecule has 7 nitrogen and oxygen atoms in total. The van der Waals surface area contributed by atoms with Crippen molar-refractivity contribution in [3.8, 4) is 22.5 Å². The van der Waals surface area contributed by atoms with Crippen LogP contribution in [0, 0.1) is 0 Å². The molecule has 4 heterocycles. The van der Waals surface area contributed by atoms with E-state index in [0.29, 0.717) is 5.62 Å². The number of fused-ring (bicyclic) bond motifs is 3. The first-order valence-corrected chi connectivity index (χ1v) is 11.5. The van der Waals surface area contributed by atoms with Gasteiger partial charge in [-0.15, -0.1) is 0 Å². The fourth-order valence-corrected chi connectivity index (χ4v) is 4.73. The minimum Gasteiger partial charge on any atom is -0.378 e. The summed E-state index contributed by atoms with van der Waals surface area (Å²) in [5.41, 5.74) is 5.44. The van der Waals surface area contributed by atoms with Crippen LogP contribution in [0.4, 0.5) is 17.2 Å². The lowest BCUT2D eigenvalue weighted by Crippen LogP contribution is -2.36. The molecule has 8 heteroatoms. The monoisotopic (exact) mass is 458 g/mol. The fourth-order valence-electron chi connectivity index (χ4n) is 4.50. The third-order valence-electron chi connectivity index (χ3n) is 6.09. The lowest BCUT2D eigenvalue weighted by molar-refractivity contribution is 0.122. The number of anilines is 2. The molecule has 1 saturated heterocycles. The first kappa shape index (κ1) is 20.2. The van der Waals surface area contributed by atoms with Crippen molar-refractivity contribution in [2.75, 3.05) is 43.1 Å². The molecule has 4 aliphatic heterocycles. The van der Waals surface area contributed by atoms with Crippen LogP contribution in [0.25, 0.3) is 22.5 Å². The molecule has 1 N–H and O–H groups in total. The van der Waals surface area contributed by atoms with Crippen LogP contribution in [-0.4, -0.2) is 47.4 Å². The zero-order valence-corrected chi connectivity index (χ0v) is 18.8. The average Bonchev–Trinajstić information content (AvgIpc) is 3.35. The van der Waals surface area contributed by atoms with Gasteiger partial charge in [-0.2, -0.15) is 4.98 Å². The number of nitrogens with one attached hydrogen (secondary N) is 1. The largest absolute Gasteiger partial charge is 0.378 e. The van der Waals surface area contributed by atoms with Gasteiger partial charge in [0, 0.05) is 59.8 Å². The number of rotatable bonds is 3. The van der Waals surface area contributed by atoms with E-state index in [0.717, 1.165) is 84.1 Å². The normalized spacial score (nSPS) is 16.2. The van der Waals surface area contributed by atoms with Crippen LogP contribution in [0.1, 0.15) is 0 Å². The van der Waals surface area contributed by atoms with Gasteiger partial charge in [-0.25, -0.2) is 9.98 Å². The predicted molar refractivity (Wildman–Crippen MR) is 130 cm³/mol. The highest BCUT2D eigenvalue weighted by molar-refractivity contribution is 6.33. The van der Waals surface area contributed by atoms with Gasteiger partial charge in [-0.3, -0.25) is 0 Å². The molecule has 0 amide bonds. The lowest BCUT2D eigenvalue weighted by atomic mass is 10.0. The summed E-state index contributed by atoms with van der Waals surface area (Å²) in [5, 5.41) is 4.22. The van der Waals surface area contributed by atoms with Gasteiger partial charge in [-0.1, -0.05) is 35.9 Å². The van der Waals surface area contributed by atoms with Gasteiger partial charge in [0.25, 0.3) is 5.62 Å². The standard InChI is InChI=1S/C25H23ClN6O/c26-22-7-2-1-6-20(22)21-14-17-16-28-25(30-23(17)32-9-8-27-24(21)32)29-18-4-3-5-19(15-18)31-10-12-33-13-11-31/h1-7,14-16,27H,8-13H2. The van der Waals surface area contributed by atoms with Gasteiger partial charge < -0.3 is 19.5 Å². The molecule has 1 fully saturated rings. The summed E-state index contributed by atoms with van der Waals surface area (Å²) in [4.78, 5) is 16.4. The third kappa shape index (κ3) is 3.83. The minimum atomic E-state index is 0.453. The summed E-state index contributed by atoms with van der Waals surface area (Å²) in [6.45, 7) is 4.95. The van der Waals surface area contributed by atoms with Gasteiger partial charge in [-0.05, 0) is 30.3 Å². The van der Waals surface area contributed by atoms with Gasteiger partial charge in [0.2, 0.25) is 0 Å². The lowest BCUT2D eigenvalue weighted by Gasteiger charge is -2.28. The maximum Gasteiger partial charge on any atom is 0.251 e. The van der Waals surface area contributed by atoms with E-state index in [-0.39, 0.29) is 0 Å². The van der Waals surface area contributed by atoms with Crippen LogP contribution in [0.2, 0.25) is 5.02 Å². The van der Waals surface area contributed by atoms with Crippen molar-refractivity contribution in [3.05, 3.63) is 71.4 Å². The molecule has 0 radical (unpaired) electrons. The summed E-state index contributed by atoms with van der Waals surface area (Å²) in [7, 11) is 0. The first-order chi connectivity index (χ1) is 16.3. The molecule has 2 aromatic carbocycles. The molecule has 4 aliphatic rings. The van der Waals surface area contributed by atoms with Crippen molar-refractivity contribution in [3.63, 3.8) is 0 Å². The van der Waals surface area contributed by atoms with Crippen molar-refractivity contribution in [1.82, 2.24) is 14.5 Å². The highest BCUT2D eigenvalue weighted by Gasteiger charge is 2.23. The van der Waals surface area contributed by atoms with E-state index in [1.165, 1.54) is 0 Å². The first-order valence-electron chi connectivity index (χ1n) is 11.1. The second kappa shape index (κ2) is 8.50. The minimum absolute atomic E-state index is 0.453. The molecule has 2 aromatic rings. The van der Waals surface area contributed by atoms with Crippen LogP contribution >= 0.6 is 11.6 Å². The summed E-state index contributed by atoms with van der Waals surface area (Å²) in [6.07, 6.45) is 1.85. The Bertz CT molecular complexity index is 1360. The van der Waals surface area contributed by atoms with Gasteiger partial charge in [0.1, 0.15) is 11.6 Å². The van der Waals surface area contributed by atoms with E-state index in [2.05, 4.69) is 38.0 Å². The Kier molecular flexibility index (Phi) is 5.20. The molecule has 0 aromatic heterocycles. The summed E-state index contributed by atoms with van der Waals surface area (Å²) >= 11 is 6.50. The van der Waals surface area contributed by atoms with Crippen LogP contribution in [0.5, 0.6) is 0 Å². The molecule has 166 valence electrons. The van der Waals surface area contributed by atoms with E-state index < -0.39 is 0 Å². The van der Waals surface area contributed by atoms with E-state index in [1.807, 2.05) is 42.6 Å². The fraction of sp³-hybridized carbons (Fsp3) is 0.240. The molecular formula is C25H23ClN6O. The Morgan fingerprint density at radius 2 is 1.85 bits per heavy atom. The third-order valence-corrected chi connectivity index (χ3v) is 6.42. The molecule has 0 unspecified atom stereocenters. The second-order valence-corrected chi connectivity index (χ2v) is 8.55. The molecule has 0 atom stereocenters. The number of benzene rings is 2. The molecule has 0 saturated carbocycles. The maximum atomic E-state index is 6.50. The van der Waals surface area contributed by atoms with Crippen LogP contribution in [-0.2, 0) is 11.3 Å². The Balaban J connectivity index is 1.43. The smallest absolute Gasteiger partial charge is 0.251 e. The van der Waals surface area contributed by atoms with Gasteiger partial charge >= 0.3 is 0 Å². The molecule has 0 bridgehead atoms. The molecule has 6 rings (SSSR count). The number of nitrogens with zero attached hydrogens (tertiary/aromatic N) is 5. The number of halogens is 1.